The Morgan fingerprint density at radius 1 is 0.894 bits per heavy atom. The summed E-state index contributed by atoms with van der Waals surface area (Å²) in [4.78, 5) is 27.9. The van der Waals surface area contributed by atoms with Crippen LogP contribution < -0.4 is 4.90 Å². The number of aromatic carboxylic acids is 1. The number of nitrogens with zero attached hydrogens (tertiary/aromatic N) is 2. The number of aryl methyl sites for hydroxylation is 1. The molecule has 2 N–H and O–H groups in total. The molecule has 6 nitrogen and oxygen atoms in total. The highest BCUT2D eigenvalue weighted by atomic mass is 32.2. The number of halogens is 3. The average Bonchev–Trinajstić information content (AvgIpc) is 3.03. The minimum absolute atomic E-state index is 0.0237. The summed E-state index contributed by atoms with van der Waals surface area (Å²) in [6, 6.07) is 24.6. The van der Waals surface area contributed by atoms with Crippen LogP contribution in [0.15, 0.2) is 95.9 Å². The van der Waals surface area contributed by atoms with E-state index in [1.807, 2.05) is 55.5 Å². The first-order valence-electron chi connectivity index (χ1n) is 15.5. The first kappa shape index (κ1) is 35.6. The van der Waals surface area contributed by atoms with E-state index in [-0.39, 0.29) is 36.4 Å². The van der Waals surface area contributed by atoms with Gasteiger partial charge in [-0.25, -0.2) is 9.10 Å². The van der Waals surface area contributed by atoms with Crippen LogP contribution in [0.4, 0.5) is 18.9 Å². The third-order valence-corrected chi connectivity index (χ3v) is 8.98. The number of hydrogen-bond donors (Lipinski definition) is 2. The van der Waals surface area contributed by atoms with Gasteiger partial charge in [-0.05, 0) is 84.7 Å². The van der Waals surface area contributed by atoms with Gasteiger partial charge in [0.05, 0.1) is 18.7 Å². The van der Waals surface area contributed by atoms with Crippen molar-refractivity contribution in [3.05, 3.63) is 124 Å². The molecule has 1 amide bonds. The molecule has 0 aliphatic carbocycles. The zero-order valence-corrected chi connectivity index (χ0v) is 27.4. The lowest BCUT2D eigenvalue weighted by Gasteiger charge is -2.28. The minimum atomic E-state index is -4.57. The van der Waals surface area contributed by atoms with E-state index < -0.39 is 29.4 Å². The molecule has 0 fully saturated rings. The van der Waals surface area contributed by atoms with Crippen LogP contribution in [0.1, 0.15) is 77.2 Å². The summed E-state index contributed by atoms with van der Waals surface area (Å²) in [7, 11) is 0. The van der Waals surface area contributed by atoms with Gasteiger partial charge < -0.3 is 15.1 Å². The molecule has 4 aromatic carbocycles. The molecule has 4 rings (SSSR count). The van der Waals surface area contributed by atoms with Crippen molar-refractivity contribution in [3.8, 4) is 5.75 Å². The second kappa shape index (κ2) is 16.0. The highest BCUT2D eigenvalue weighted by Gasteiger charge is 2.34. The van der Waals surface area contributed by atoms with Crippen LogP contribution in [-0.2, 0) is 24.1 Å². The van der Waals surface area contributed by atoms with Crippen molar-refractivity contribution in [3.63, 3.8) is 0 Å². The van der Waals surface area contributed by atoms with E-state index in [0.29, 0.717) is 5.92 Å². The Balaban J connectivity index is 1.69. The number of carbonyl (C=O) groups is 2. The van der Waals surface area contributed by atoms with Gasteiger partial charge in [0, 0.05) is 23.2 Å². The summed E-state index contributed by atoms with van der Waals surface area (Å²) in [6.07, 6.45) is -1.46. The van der Waals surface area contributed by atoms with Gasteiger partial charge >= 0.3 is 12.1 Å². The van der Waals surface area contributed by atoms with Crippen molar-refractivity contribution in [2.24, 2.45) is 0 Å². The van der Waals surface area contributed by atoms with Crippen LogP contribution in [-0.4, -0.2) is 32.9 Å². The van der Waals surface area contributed by atoms with Crippen molar-refractivity contribution in [1.82, 2.24) is 4.31 Å². The number of carboxylic acid groups (broad SMARTS) is 1. The molecule has 0 spiro atoms. The van der Waals surface area contributed by atoms with E-state index in [1.54, 1.807) is 4.31 Å². The lowest BCUT2D eigenvalue weighted by Crippen LogP contribution is -2.38. The minimum Gasteiger partial charge on any atom is -0.507 e. The van der Waals surface area contributed by atoms with Gasteiger partial charge in [-0.1, -0.05) is 80.4 Å². The van der Waals surface area contributed by atoms with Crippen LogP contribution >= 0.6 is 11.9 Å². The Bertz CT molecular complexity index is 1660. The third-order valence-electron chi connectivity index (χ3n) is 7.98. The average molecular weight is 665 g/mol. The van der Waals surface area contributed by atoms with Crippen LogP contribution in [0.3, 0.4) is 0 Å². The molecular formula is C37H39F3N2O4S. The summed E-state index contributed by atoms with van der Waals surface area (Å²) in [6.45, 7) is 5.86. The number of aromatic hydroxyl groups is 1. The van der Waals surface area contributed by atoms with Gasteiger partial charge in [0.2, 0.25) is 5.91 Å². The molecule has 0 aromatic heterocycles. The number of hydrogen-bond acceptors (Lipinski definition) is 5. The predicted octanol–water partition coefficient (Wildman–Crippen LogP) is 9.45. The fourth-order valence-electron chi connectivity index (χ4n) is 5.45. The molecule has 0 aliphatic rings. The van der Waals surface area contributed by atoms with Gasteiger partial charge in [0.1, 0.15) is 11.3 Å². The summed E-state index contributed by atoms with van der Waals surface area (Å²) < 4.78 is 43.4. The SMILES string of the molecule is CCCC(CC)c1ccc(CN(C(=O)CN(Cc2ccccc2C(F)(F)F)Sc2ccc(C)cc2)c2ccc(C(=O)O)c(O)c2)cc1. The van der Waals surface area contributed by atoms with Crippen molar-refractivity contribution >= 4 is 29.5 Å². The smallest absolute Gasteiger partial charge is 0.416 e. The zero-order chi connectivity index (χ0) is 34.1. The van der Waals surface area contributed by atoms with E-state index in [9.17, 15) is 33.0 Å². The molecule has 10 heteroatoms. The molecule has 0 saturated heterocycles. The largest absolute Gasteiger partial charge is 0.507 e. The summed E-state index contributed by atoms with van der Waals surface area (Å²) in [5, 5.41) is 19.9. The molecule has 0 radical (unpaired) electrons. The quantitative estimate of drug-likeness (QED) is 0.131. The van der Waals surface area contributed by atoms with Crippen molar-refractivity contribution in [2.45, 2.75) is 70.1 Å². The molecule has 1 atom stereocenters. The number of benzene rings is 4. The lowest BCUT2D eigenvalue weighted by molar-refractivity contribution is -0.138. The molecule has 4 aromatic rings. The van der Waals surface area contributed by atoms with Gasteiger partial charge in [-0.2, -0.15) is 13.2 Å². The Kier molecular flexibility index (Phi) is 12.1. The summed E-state index contributed by atoms with van der Waals surface area (Å²) in [5.41, 5.74) is 2.21. The summed E-state index contributed by atoms with van der Waals surface area (Å²) >= 11 is 1.17. The van der Waals surface area contributed by atoms with Crippen LogP contribution in [0.5, 0.6) is 5.75 Å². The van der Waals surface area contributed by atoms with Crippen molar-refractivity contribution in [1.29, 1.82) is 0 Å². The second-order valence-electron chi connectivity index (χ2n) is 11.5. The number of phenols is 1. The normalized spacial score (nSPS) is 12.2. The standard InChI is InChI=1S/C37H39F3N2O4S/c1-4-8-27(5-2)28-15-13-26(14-16-28)22-42(30-17-20-32(36(45)46)34(43)21-30)35(44)24-41(47-31-18-11-25(3)12-19-31)23-29-9-6-7-10-33(29)37(38,39)40/h6-7,9-21,27,43H,4-5,8,22-24H2,1-3H3,(H,45,46). The van der Waals surface area contributed by atoms with Crippen LogP contribution in [0, 0.1) is 6.92 Å². The van der Waals surface area contributed by atoms with E-state index in [0.717, 1.165) is 41.4 Å². The summed E-state index contributed by atoms with van der Waals surface area (Å²) in [5.74, 6) is -1.85. The Morgan fingerprint density at radius 2 is 1.57 bits per heavy atom. The van der Waals surface area contributed by atoms with E-state index in [4.69, 9.17) is 0 Å². The molecular weight excluding hydrogens is 625 g/mol. The highest BCUT2D eigenvalue weighted by Crippen LogP contribution is 2.35. The molecule has 0 bridgehead atoms. The third kappa shape index (κ3) is 9.62. The van der Waals surface area contributed by atoms with Gasteiger partial charge in [0.15, 0.2) is 0 Å². The maximum absolute atomic E-state index is 14.2. The van der Waals surface area contributed by atoms with Crippen molar-refractivity contribution < 1.29 is 33.0 Å². The maximum Gasteiger partial charge on any atom is 0.416 e. The zero-order valence-electron chi connectivity index (χ0n) is 26.6. The Labute approximate surface area is 278 Å². The predicted molar refractivity (Wildman–Crippen MR) is 180 cm³/mol. The van der Waals surface area contributed by atoms with Gasteiger partial charge in [-0.15, -0.1) is 0 Å². The Morgan fingerprint density at radius 3 is 2.17 bits per heavy atom. The van der Waals surface area contributed by atoms with Crippen LogP contribution in [0.2, 0.25) is 0 Å². The molecule has 0 saturated carbocycles. The fraction of sp³-hybridized carbons (Fsp3) is 0.297. The van der Waals surface area contributed by atoms with Gasteiger partial charge in [0.25, 0.3) is 0 Å². The molecule has 0 aliphatic heterocycles. The molecule has 248 valence electrons. The van der Waals surface area contributed by atoms with Crippen LogP contribution in [0.25, 0.3) is 0 Å². The van der Waals surface area contributed by atoms with E-state index >= 15 is 0 Å². The first-order valence-corrected chi connectivity index (χ1v) is 16.3. The molecule has 47 heavy (non-hydrogen) atoms. The topological polar surface area (TPSA) is 81.1 Å². The lowest BCUT2D eigenvalue weighted by atomic mass is 9.91. The van der Waals surface area contributed by atoms with E-state index in [2.05, 4.69) is 13.8 Å². The number of alkyl halides is 3. The number of anilines is 1. The first-order chi connectivity index (χ1) is 22.4. The number of carboxylic acids is 1. The van der Waals surface area contributed by atoms with E-state index in [1.165, 1.54) is 58.8 Å². The molecule has 0 heterocycles. The second-order valence-corrected chi connectivity index (χ2v) is 12.6. The maximum atomic E-state index is 14.2. The monoisotopic (exact) mass is 664 g/mol. The Hall–Kier alpha value is -4.28. The number of amides is 1. The highest BCUT2D eigenvalue weighted by molar-refractivity contribution is 7.97. The fourth-order valence-corrected chi connectivity index (χ4v) is 6.39. The number of carbonyl (C=O) groups excluding carboxylic acids is 1. The number of rotatable bonds is 14. The molecule has 1 unspecified atom stereocenters. The van der Waals surface area contributed by atoms with Gasteiger partial charge in [-0.3, -0.25) is 4.79 Å². The van der Waals surface area contributed by atoms with Crippen molar-refractivity contribution in [2.75, 3.05) is 11.4 Å².